The SMILES string of the molecule is Cc1cc(C(=O)CN2CCC(NC(=O)c3ccccc3)CC2)c(C)n1-c1ccc2c(c1)OCO2. The number of ketones is 1. The van der Waals surface area contributed by atoms with Crippen molar-refractivity contribution in [2.24, 2.45) is 0 Å². The van der Waals surface area contributed by atoms with Crippen LogP contribution in [0.4, 0.5) is 0 Å². The minimum atomic E-state index is -0.0360. The third kappa shape index (κ3) is 4.43. The molecule has 176 valence electrons. The van der Waals surface area contributed by atoms with Crippen molar-refractivity contribution in [3.63, 3.8) is 0 Å². The standard InChI is InChI=1S/C27H29N3O4/c1-18-14-23(19(2)30(18)22-8-9-25-26(15-22)34-17-33-25)24(31)16-29-12-10-21(11-13-29)28-27(32)20-6-4-3-5-7-20/h3-9,14-15,21H,10-13,16-17H2,1-2H3,(H,28,32). The summed E-state index contributed by atoms with van der Waals surface area (Å²) in [4.78, 5) is 27.8. The van der Waals surface area contributed by atoms with E-state index in [2.05, 4.69) is 14.8 Å². The lowest BCUT2D eigenvalue weighted by atomic mass is 10.0. The molecule has 0 spiro atoms. The zero-order valence-electron chi connectivity index (χ0n) is 19.5. The molecule has 1 amide bonds. The quantitative estimate of drug-likeness (QED) is 0.566. The summed E-state index contributed by atoms with van der Waals surface area (Å²) in [6.45, 7) is 6.17. The van der Waals surface area contributed by atoms with Crippen LogP contribution in [0.5, 0.6) is 11.5 Å². The molecular formula is C27H29N3O4. The van der Waals surface area contributed by atoms with Crippen molar-refractivity contribution in [3.05, 3.63) is 77.1 Å². The molecule has 3 aromatic rings. The van der Waals surface area contributed by atoms with Gasteiger partial charge in [-0.15, -0.1) is 0 Å². The summed E-state index contributed by atoms with van der Waals surface area (Å²) in [7, 11) is 0. The molecular weight excluding hydrogens is 430 g/mol. The fraction of sp³-hybridized carbons (Fsp3) is 0.333. The zero-order chi connectivity index (χ0) is 23.7. The lowest BCUT2D eigenvalue weighted by molar-refractivity contribution is 0.0858. The summed E-state index contributed by atoms with van der Waals surface area (Å²) < 4.78 is 13.0. The molecule has 1 fully saturated rings. The van der Waals surface area contributed by atoms with Gasteiger partial charge < -0.3 is 19.4 Å². The van der Waals surface area contributed by atoms with E-state index in [4.69, 9.17) is 9.47 Å². The van der Waals surface area contributed by atoms with Gasteiger partial charge in [0.2, 0.25) is 6.79 Å². The number of rotatable bonds is 6. The maximum Gasteiger partial charge on any atom is 0.251 e. The number of likely N-dealkylation sites (tertiary alicyclic amines) is 1. The zero-order valence-corrected chi connectivity index (χ0v) is 19.5. The van der Waals surface area contributed by atoms with Crippen LogP contribution in [-0.2, 0) is 0 Å². The summed E-state index contributed by atoms with van der Waals surface area (Å²) in [5.41, 5.74) is 4.30. The predicted octanol–water partition coefficient (Wildman–Crippen LogP) is 3.90. The molecule has 34 heavy (non-hydrogen) atoms. The van der Waals surface area contributed by atoms with Crippen LogP contribution >= 0.6 is 0 Å². The number of aryl methyl sites for hydroxylation is 1. The van der Waals surface area contributed by atoms with Gasteiger partial charge in [0.05, 0.1) is 6.54 Å². The van der Waals surface area contributed by atoms with Gasteiger partial charge in [-0.2, -0.15) is 0 Å². The number of nitrogens with zero attached hydrogens (tertiary/aromatic N) is 2. The van der Waals surface area contributed by atoms with Gasteiger partial charge in [-0.1, -0.05) is 18.2 Å². The number of hydrogen-bond acceptors (Lipinski definition) is 5. The Morgan fingerprint density at radius 1 is 0.971 bits per heavy atom. The number of carbonyl (C=O) groups excluding carboxylic acids is 2. The van der Waals surface area contributed by atoms with E-state index in [1.165, 1.54) is 0 Å². The second kappa shape index (κ2) is 9.35. The number of aromatic nitrogens is 1. The molecule has 0 bridgehead atoms. The number of amides is 1. The topological polar surface area (TPSA) is 72.8 Å². The maximum atomic E-state index is 13.2. The average Bonchev–Trinajstić information content (AvgIpc) is 3.44. The first-order valence-corrected chi connectivity index (χ1v) is 11.7. The molecule has 0 unspecified atom stereocenters. The number of Topliss-reactive ketones (excluding diaryl/α,β-unsaturated/α-hetero) is 1. The molecule has 2 aliphatic rings. The molecule has 0 aliphatic carbocycles. The van der Waals surface area contributed by atoms with Gasteiger partial charge in [0.1, 0.15) is 0 Å². The largest absolute Gasteiger partial charge is 0.454 e. The molecule has 1 aromatic heterocycles. The number of hydrogen-bond donors (Lipinski definition) is 1. The maximum absolute atomic E-state index is 13.2. The van der Waals surface area contributed by atoms with Gasteiger partial charge in [0, 0.05) is 53.4 Å². The Kier molecular flexibility index (Phi) is 6.11. The fourth-order valence-corrected chi connectivity index (χ4v) is 4.85. The minimum Gasteiger partial charge on any atom is -0.454 e. The van der Waals surface area contributed by atoms with Crippen LogP contribution in [0.15, 0.2) is 54.6 Å². The molecule has 7 heteroatoms. The lowest BCUT2D eigenvalue weighted by Gasteiger charge is -2.31. The van der Waals surface area contributed by atoms with Crippen molar-refractivity contribution in [1.29, 1.82) is 0 Å². The molecule has 2 aromatic carbocycles. The van der Waals surface area contributed by atoms with Gasteiger partial charge in [0.25, 0.3) is 5.91 Å². The van der Waals surface area contributed by atoms with Crippen LogP contribution in [0.3, 0.4) is 0 Å². The molecule has 0 saturated carbocycles. The van der Waals surface area contributed by atoms with E-state index in [1.807, 2.05) is 68.4 Å². The van der Waals surface area contributed by atoms with Crippen LogP contribution in [-0.4, -0.2) is 53.6 Å². The molecule has 1 N–H and O–H groups in total. The third-order valence-corrected chi connectivity index (χ3v) is 6.67. The monoisotopic (exact) mass is 459 g/mol. The average molecular weight is 460 g/mol. The Morgan fingerprint density at radius 2 is 1.71 bits per heavy atom. The van der Waals surface area contributed by atoms with E-state index in [1.54, 1.807) is 0 Å². The van der Waals surface area contributed by atoms with Crippen LogP contribution < -0.4 is 14.8 Å². The van der Waals surface area contributed by atoms with E-state index in [0.29, 0.717) is 12.1 Å². The van der Waals surface area contributed by atoms with E-state index in [0.717, 1.165) is 60.1 Å². The Hall–Kier alpha value is -3.58. The molecule has 7 nitrogen and oxygen atoms in total. The van der Waals surface area contributed by atoms with Crippen LogP contribution in [0.1, 0.15) is 44.9 Å². The van der Waals surface area contributed by atoms with E-state index in [-0.39, 0.29) is 24.5 Å². The Balaban J connectivity index is 1.20. The van der Waals surface area contributed by atoms with Crippen LogP contribution in [0.2, 0.25) is 0 Å². The van der Waals surface area contributed by atoms with Gasteiger partial charge in [-0.25, -0.2) is 0 Å². The third-order valence-electron chi connectivity index (χ3n) is 6.67. The summed E-state index contributed by atoms with van der Waals surface area (Å²) in [5.74, 6) is 1.55. The highest BCUT2D eigenvalue weighted by molar-refractivity contribution is 5.99. The van der Waals surface area contributed by atoms with Crippen molar-refractivity contribution in [2.45, 2.75) is 32.7 Å². The van der Waals surface area contributed by atoms with Gasteiger partial charge in [-0.3, -0.25) is 14.5 Å². The Labute approximate surface area is 199 Å². The van der Waals surface area contributed by atoms with Crippen LogP contribution in [0, 0.1) is 13.8 Å². The van der Waals surface area contributed by atoms with Gasteiger partial charge >= 0.3 is 0 Å². The van der Waals surface area contributed by atoms with Crippen molar-refractivity contribution in [1.82, 2.24) is 14.8 Å². The summed E-state index contributed by atoms with van der Waals surface area (Å²) in [6, 6.07) is 17.2. The number of nitrogens with one attached hydrogen (secondary N) is 1. The first-order chi connectivity index (χ1) is 16.5. The first-order valence-electron chi connectivity index (χ1n) is 11.7. The van der Waals surface area contributed by atoms with E-state index in [9.17, 15) is 9.59 Å². The second-order valence-corrected chi connectivity index (χ2v) is 8.97. The molecule has 3 heterocycles. The van der Waals surface area contributed by atoms with Gasteiger partial charge in [0.15, 0.2) is 17.3 Å². The molecule has 0 atom stereocenters. The number of carbonyl (C=O) groups is 2. The van der Waals surface area contributed by atoms with E-state index >= 15 is 0 Å². The Morgan fingerprint density at radius 3 is 2.47 bits per heavy atom. The highest BCUT2D eigenvalue weighted by Crippen LogP contribution is 2.35. The van der Waals surface area contributed by atoms with Gasteiger partial charge in [-0.05, 0) is 57.0 Å². The number of benzene rings is 2. The number of piperidine rings is 1. The lowest BCUT2D eigenvalue weighted by Crippen LogP contribution is -2.46. The summed E-state index contributed by atoms with van der Waals surface area (Å²) >= 11 is 0. The molecule has 1 saturated heterocycles. The Bertz CT molecular complexity index is 1210. The second-order valence-electron chi connectivity index (χ2n) is 8.97. The smallest absolute Gasteiger partial charge is 0.251 e. The van der Waals surface area contributed by atoms with E-state index < -0.39 is 0 Å². The van der Waals surface area contributed by atoms with Crippen molar-refractivity contribution in [2.75, 3.05) is 26.4 Å². The highest BCUT2D eigenvalue weighted by Gasteiger charge is 2.25. The minimum absolute atomic E-state index is 0.0360. The molecule has 0 radical (unpaired) electrons. The number of ether oxygens (including phenoxy) is 2. The first kappa shape index (κ1) is 22.2. The fourth-order valence-electron chi connectivity index (χ4n) is 4.85. The van der Waals surface area contributed by atoms with Crippen molar-refractivity contribution < 1.29 is 19.1 Å². The van der Waals surface area contributed by atoms with Crippen molar-refractivity contribution >= 4 is 11.7 Å². The summed E-state index contributed by atoms with van der Waals surface area (Å²) in [6.07, 6.45) is 1.67. The van der Waals surface area contributed by atoms with Crippen LogP contribution in [0.25, 0.3) is 5.69 Å². The predicted molar refractivity (Wildman–Crippen MR) is 129 cm³/mol. The summed E-state index contributed by atoms with van der Waals surface area (Å²) in [5, 5.41) is 3.12. The van der Waals surface area contributed by atoms with Crippen molar-refractivity contribution in [3.8, 4) is 17.2 Å². The normalized spacial score (nSPS) is 15.9. The highest BCUT2D eigenvalue weighted by atomic mass is 16.7. The molecule has 2 aliphatic heterocycles. The number of fused-ring (bicyclic) bond motifs is 1. The molecule has 5 rings (SSSR count).